The lowest BCUT2D eigenvalue weighted by atomic mass is 9.91. The smallest absolute Gasteiger partial charge is 0.320 e. The van der Waals surface area contributed by atoms with E-state index in [0.717, 1.165) is 12.1 Å². The van der Waals surface area contributed by atoms with E-state index in [2.05, 4.69) is 0 Å². The number of hydrogen-bond acceptors (Lipinski definition) is 4. The van der Waals surface area contributed by atoms with Gasteiger partial charge in [0, 0.05) is 17.9 Å². The molecule has 1 aromatic carbocycles. The van der Waals surface area contributed by atoms with Gasteiger partial charge in [0.25, 0.3) is 0 Å². The van der Waals surface area contributed by atoms with Crippen LogP contribution in [0.4, 0.5) is 8.78 Å². The summed E-state index contributed by atoms with van der Waals surface area (Å²) in [5.41, 5.74) is -0.163. The summed E-state index contributed by atoms with van der Waals surface area (Å²) in [6.07, 6.45) is -0.275. The number of ketones is 1. The Balaban J connectivity index is 1.76. The molecule has 0 unspecified atom stereocenters. The van der Waals surface area contributed by atoms with Gasteiger partial charge in [-0.1, -0.05) is 13.0 Å². The van der Waals surface area contributed by atoms with Gasteiger partial charge in [-0.3, -0.25) is 4.79 Å². The van der Waals surface area contributed by atoms with Crippen molar-refractivity contribution >= 4 is 5.78 Å². The summed E-state index contributed by atoms with van der Waals surface area (Å²) in [5.74, 6) is -3.72. The predicted molar refractivity (Wildman–Crippen MR) is 63.8 cm³/mol. The van der Waals surface area contributed by atoms with E-state index in [4.69, 9.17) is 14.2 Å². The zero-order valence-corrected chi connectivity index (χ0v) is 10.9. The summed E-state index contributed by atoms with van der Waals surface area (Å²) in [7, 11) is 0. The third-order valence-electron chi connectivity index (χ3n) is 3.54. The van der Waals surface area contributed by atoms with Crippen molar-refractivity contribution in [3.05, 3.63) is 35.4 Å². The molecule has 6 heteroatoms. The van der Waals surface area contributed by atoms with Crippen LogP contribution in [0.25, 0.3) is 0 Å². The van der Waals surface area contributed by atoms with E-state index in [1.54, 1.807) is 0 Å². The van der Waals surface area contributed by atoms with Crippen molar-refractivity contribution in [3.63, 3.8) is 0 Å². The molecule has 0 aromatic heterocycles. The number of carbonyl (C=O) groups is 1. The molecule has 3 fully saturated rings. The van der Waals surface area contributed by atoms with Crippen LogP contribution < -0.4 is 0 Å². The Kier molecular flexibility index (Phi) is 3.12. The van der Waals surface area contributed by atoms with Gasteiger partial charge in [-0.05, 0) is 11.6 Å². The zero-order valence-electron chi connectivity index (χ0n) is 10.9. The third kappa shape index (κ3) is 2.24. The lowest BCUT2D eigenvalue weighted by molar-refractivity contribution is -0.439. The van der Waals surface area contributed by atoms with Crippen molar-refractivity contribution in [2.45, 2.75) is 19.3 Å². The molecule has 108 valence electrons. The normalized spacial score (nSPS) is 32.4. The molecule has 20 heavy (non-hydrogen) atoms. The van der Waals surface area contributed by atoms with E-state index in [9.17, 15) is 13.6 Å². The average Bonchev–Trinajstić information content (AvgIpc) is 2.43. The van der Waals surface area contributed by atoms with Gasteiger partial charge < -0.3 is 14.2 Å². The van der Waals surface area contributed by atoms with Crippen LogP contribution in [0.3, 0.4) is 0 Å². The van der Waals surface area contributed by atoms with Gasteiger partial charge in [0.15, 0.2) is 0 Å². The van der Waals surface area contributed by atoms with Crippen molar-refractivity contribution in [1.29, 1.82) is 0 Å². The first-order valence-electron chi connectivity index (χ1n) is 6.32. The van der Waals surface area contributed by atoms with Gasteiger partial charge >= 0.3 is 5.97 Å². The Bertz CT molecular complexity index is 534. The fourth-order valence-electron chi connectivity index (χ4n) is 2.25. The quantitative estimate of drug-likeness (QED) is 0.849. The second-order valence-corrected chi connectivity index (χ2v) is 5.57. The summed E-state index contributed by atoms with van der Waals surface area (Å²) in [4.78, 5) is 12.3. The maximum atomic E-state index is 13.6. The second kappa shape index (κ2) is 4.58. The maximum Gasteiger partial charge on any atom is 0.347 e. The number of rotatable bonds is 3. The lowest BCUT2D eigenvalue weighted by Gasteiger charge is -2.49. The summed E-state index contributed by atoms with van der Waals surface area (Å²) in [5, 5.41) is 0. The minimum absolute atomic E-state index is 0.0838. The van der Waals surface area contributed by atoms with Crippen molar-refractivity contribution < 1.29 is 27.8 Å². The Morgan fingerprint density at radius 3 is 2.35 bits per heavy atom. The summed E-state index contributed by atoms with van der Waals surface area (Å²) in [6.45, 7) is 2.99. The van der Waals surface area contributed by atoms with Gasteiger partial charge in [0.1, 0.15) is 11.6 Å². The first kappa shape index (κ1) is 13.6. The molecule has 0 aliphatic carbocycles. The number of hydrogen-bond donors (Lipinski definition) is 0. The van der Waals surface area contributed by atoms with E-state index in [0.29, 0.717) is 19.8 Å². The molecule has 0 saturated carbocycles. The molecule has 0 N–H and O–H groups in total. The fraction of sp³-hybridized carbons (Fsp3) is 0.500. The lowest BCUT2D eigenvalue weighted by Crippen LogP contribution is -2.62. The summed E-state index contributed by atoms with van der Waals surface area (Å²) in [6, 6.07) is 3.07. The Morgan fingerprint density at radius 2 is 1.80 bits per heavy atom. The van der Waals surface area contributed by atoms with Gasteiger partial charge in [-0.2, -0.15) is 0 Å². The van der Waals surface area contributed by atoms with Gasteiger partial charge in [-0.15, -0.1) is 0 Å². The Morgan fingerprint density at radius 1 is 1.20 bits per heavy atom. The molecule has 2 bridgehead atoms. The summed E-state index contributed by atoms with van der Waals surface area (Å²) >= 11 is 0. The Labute approximate surface area is 114 Å². The maximum absolute atomic E-state index is 13.6. The number of Topliss-reactive ketones (excluding diaryl/α,β-unsaturated/α-hetero) is 1. The predicted octanol–water partition coefficient (Wildman–Crippen LogP) is 1.81. The second-order valence-electron chi connectivity index (χ2n) is 5.57. The highest BCUT2D eigenvalue weighted by Gasteiger charge is 2.54. The molecule has 0 spiro atoms. The third-order valence-corrected chi connectivity index (χ3v) is 3.54. The molecule has 0 radical (unpaired) electrons. The minimum atomic E-state index is -1.74. The molecule has 4 rings (SSSR count). The van der Waals surface area contributed by atoms with Crippen molar-refractivity contribution in [3.8, 4) is 0 Å². The molecule has 4 nitrogen and oxygen atoms in total. The number of benzene rings is 1. The topological polar surface area (TPSA) is 44.8 Å². The number of carbonyl (C=O) groups excluding carboxylic acids is 1. The van der Waals surface area contributed by atoms with Crippen LogP contribution in [-0.2, 0) is 25.4 Å². The highest BCUT2D eigenvalue weighted by molar-refractivity contribution is 5.86. The van der Waals surface area contributed by atoms with Crippen LogP contribution in [0.1, 0.15) is 12.5 Å². The van der Waals surface area contributed by atoms with Crippen LogP contribution in [0, 0.1) is 17.0 Å². The first-order chi connectivity index (χ1) is 9.42. The zero-order chi connectivity index (χ0) is 14.4. The van der Waals surface area contributed by atoms with Crippen molar-refractivity contribution in [2.75, 3.05) is 19.8 Å². The Hall–Kier alpha value is -1.37. The van der Waals surface area contributed by atoms with Crippen molar-refractivity contribution in [2.24, 2.45) is 5.41 Å². The van der Waals surface area contributed by atoms with E-state index >= 15 is 0 Å². The standard InChI is InChI=1S/C14H14F2O4/c1-13-6-18-14(19-7-13,20-8-13)12(17)4-9-2-3-10(15)5-11(9)16/h2-3,5H,4,6-8H2,1H3. The van der Waals surface area contributed by atoms with E-state index in [-0.39, 0.29) is 17.4 Å². The number of ether oxygens (including phenoxy) is 3. The minimum Gasteiger partial charge on any atom is -0.320 e. The SMILES string of the molecule is CC12COC(C(=O)Cc3ccc(F)cc3F)(OC1)OC2. The van der Waals surface area contributed by atoms with Crippen LogP contribution in [-0.4, -0.2) is 31.6 Å². The van der Waals surface area contributed by atoms with Gasteiger partial charge in [0.05, 0.1) is 19.8 Å². The average molecular weight is 284 g/mol. The molecule has 0 amide bonds. The van der Waals surface area contributed by atoms with Crippen LogP contribution in [0.2, 0.25) is 0 Å². The van der Waals surface area contributed by atoms with E-state index in [1.165, 1.54) is 6.07 Å². The largest absolute Gasteiger partial charge is 0.347 e. The van der Waals surface area contributed by atoms with Crippen LogP contribution in [0.15, 0.2) is 18.2 Å². The highest BCUT2D eigenvalue weighted by Crippen LogP contribution is 2.38. The first-order valence-corrected chi connectivity index (χ1v) is 6.32. The highest BCUT2D eigenvalue weighted by atomic mass is 19.1. The van der Waals surface area contributed by atoms with E-state index in [1.807, 2.05) is 6.92 Å². The number of fused-ring (bicyclic) bond motifs is 3. The molecule has 1 aromatic rings. The molecule has 3 aliphatic heterocycles. The molecule has 3 heterocycles. The summed E-state index contributed by atoms with van der Waals surface area (Å²) < 4.78 is 42.5. The van der Waals surface area contributed by atoms with E-state index < -0.39 is 23.4 Å². The molecule has 3 aliphatic rings. The molecule has 3 saturated heterocycles. The van der Waals surface area contributed by atoms with Gasteiger partial charge in [-0.25, -0.2) is 8.78 Å². The van der Waals surface area contributed by atoms with Gasteiger partial charge in [0.2, 0.25) is 5.78 Å². The number of halogens is 2. The molecular formula is C14H14F2O4. The van der Waals surface area contributed by atoms with Crippen LogP contribution in [0.5, 0.6) is 0 Å². The monoisotopic (exact) mass is 284 g/mol. The van der Waals surface area contributed by atoms with Crippen molar-refractivity contribution in [1.82, 2.24) is 0 Å². The fourth-order valence-corrected chi connectivity index (χ4v) is 2.25. The van der Waals surface area contributed by atoms with Crippen LogP contribution >= 0.6 is 0 Å². The molecular weight excluding hydrogens is 270 g/mol. The molecule has 0 atom stereocenters.